The van der Waals surface area contributed by atoms with Crippen molar-refractivity contribution in [2.75, 3.05) is 13.1 Å². The highest BCUT2D eigenvalue weighted by atomic mass is 15.3. The van der Waals surface area contributed by atoms with Crippen molar-refractivity contribution >= 4 is 0 Å². The topological polar surface area (TPSA) is 33.1 Å². The van der Waals surface area contributed by atoms with E-state index in [0.717, 1.165) is 32.6 Å². The van der Waals surface area contributed by atoms with Gasteiger partial charge in [-0.15, -0.1) is 0 Å². The second kappa shape index (κ2) is 5.65. The molecule has 4 heteroatoms. The Balaban J connectivity index is 2.05. The molecular formula is C13H24N4. The molecule has 2 atom stereocenters. The van der Waals surface area contributed by atoms with Crippen LogP contribution < -0.4 is 5.32 Å². The molecule has 4 nitrogen and oxygen atoms in total. The highest BCUT2D eigenvalue weighted by Crippen LogP contribution is 2.14. The van der Waals surface area contributed by atoms with Gasteiger partial charge in [0, 0.05) is 44.5 Å². The lowest BCUT2D eigenvalue weighted by atomic mass is 10.1. The van der Waals surface area contributed by atoms with Crippen molar-refractivity contribution < 1.29 is 0 Å². The van der Waals surface area contributed by atoms with E-state index in [9.17, 15) is 0 Å². The Bertz CT molecular complexity index is 337. The molecule has 1 saturated heterocycles. The molecule has 1 aliphatic rings. The van der Waals surface area contributed by atoms with E-state index in [1.165, 1.54) is 5.69 Å². The van der Waals surface area contributed by atoms with Crippen molar-refractivity contribution in [2.45, 2.75) is 52.4 Å². The van der Waals surface area contributed by atoms with Crippen molar-refractivity contribution in [1.29, 1.82) is 0 Å². The fourth-order valence-electron chi connectivity index (χ4n) is 2.59. The minimum Gasteiger partial charge on any atom is -0.333 e. The summed E-state index contributed by atoms with van der Waals surface area (Å²) < 4.78 is 2.28. The van der Waals surface area contributed by atoms with Gasteiger partial charge in [0.05, 0.1) is 12.0 Å². The first-order valence-electron chi connectivity index (χ1n) is 6.67. The third-order valence-electron chi connectivity index (χ3n) is 3.62. The molecule has 1 N–H and O–H groups in total. The van der Waals surface area contributed by atoms with E-state index < -0.39 is 0 Å². The van der Waals surface area contributed by atoms with E-state index in [2.05, 4.69) is 40.5 Å². The molecule has 96 valence electrons. The Hall–Kier alpha value is -0.870. The maximum atomic E-state index is 4.28. The molecule has 1 aromatic heterocycles. The van der Waals surface area contributed by atoms with E-state index in [-0.39, 0.29) is 0 Å². The Labute approximate surface area is 104 Å². The summed E-state index contributed by atoms with van der Waals surface area (Å²) in [6, 6.07) is 1.20. The summed E-state index contributed by atoms with van der Waals surface area (Å²) >= 11 is 0. The van der Waals surface area contributed by atoms with E-state index in [4.69, 9.17) is 0 Å². The van der Waals surface area contributed by atoms with Gasteiger partial charge in [0.2, 0.25) is 0 Å². The fraction of sp³-hybridized carbons (Fsp3) is 0.769. The van der Waals surface area contributed by atoms with Crippen molar-refractivity contribution in [1.82, 2.24) is 19.8 Å². The van der Waals surface area contributed by atoms with Crippen LogP contribution in [-0.2, 0) is 13.1 Å². The lowest BCUT2D eigenvalue weighted by molar-refractivity contribution is 0.106. The number of nitrogens with zero attached hydrogens (tertiary/aromatic N) is 3. The third kappa shape index (κ3) is 2.87. The molecule has 0 amide bonds. The minimum absolute atomic E-state index is 0.601. The fourth-order valence-corrected chi connectivity index (χ4v) is 2.59. The zero-order chi connectivity index (χ0) is 12.3. The molecule has 2 rings (SSSR count). The summed E-state index contributed by atoms with van der Waals surface area (Å²) in [6.07, 6.45) is 5.13. The average Bonchev–Trinajstić information content (AvgIpc) is 2.72. The monoisotopic (exact) mass is 236 g/mol. The molecule has 17 heavy (non-hydrogen) atoms. The highest BCUT2D eigenvalue weighted by Gasteiger charge is 2.25. The standard InChI is InChI=1S/C13H24N4/c1-4-5-16-10-15-8-13(16)9-17-11(2)6-14-7-12(17)3/h8,10-12,14H,4-7,9H2,1-3H3. The van der Waals surface area contributed by atoms with Gasteiger partial charge in [-0.05, 0) is 20.3 Å². The smallest absolute Gasteiger partial charge is 0.0948 e. The second-order valence-electron chi connectivity index (χ2n) is 5.11. The zero-order valence-electron chi connectivity index (χ0n) is 11.2. The number of hydrogen-bond acceptors (Lipinski definition) is 3. The van der Waals surface area contributed by atoms with Gasteiger partial charge in [0.15, 0.2) is 0 Å². The molecule has 1 aromatic rings. The zero-order valence-corrected chi connectivity index (χ0v) is 11.2. The summed E-state index contributed by atoms with van der Waals surface area (Å²) in [5, 5.41) is 3.47. The molecule has 0 spiro atoms. The molecule has 0 aliphatic carbocycles. The maximum Gasteiger partial charge on any atom is 0.0948 e. The van der Waals surface area contributed by atoms with Gasteiger partial charge in [-0.25, -0.2) is 4.98 Å². The molecular weight excluding hydrogens is 212 g/mol. The van der Waals surface area contributed by atoms with Crippen LogP contribution >= 0.6 is 0 Å². The third-order valence-corrected chi connectivity index (χ3v) is 3.62. The highest BCUT2D eigenvalue weighted by molar-refractivity contribution is 5.00. The Morgan fingerprint density at radius 1 is 1.35 bits per heavy atom. The van der Waals surface area contributed by atoms with E-state index >= 15 is 0 Å². The molecule has 2 heterocycles. The predicted octanol–water partition coefficient (Wildman–Crippen LogP) is 1.48. The number of rotatable bonds is 4. The molecule has 0 aromatic carbocycles. The second-order valence-corrected chi connectivity index (χ2v) is 5.11. The van der Waals surface area contributed by atoms with Gasteiger partial charge in [-0.1, -0.05) is 6.92 Å². The first-order chi connectivity index (χ1) is 8.22. The number of imidazole rings is 1. The first kappa shape index (κ1) is 12.6. The van der Waals surface area contributed by atoms with Gasteiger partial charge in [-0.2, -0.15) is 0 Å². The predicted molar refractivity (Wildman–Crippen MR) is 69.9 cm³/mol. The number of hydrogen-bond donors (Lipinski definition) is 1. The van der Waals surface area contributed by atoms with E-state index in [1.54, 1.807) is 0 Å². The van der Waals surface area contributed by atoms with Gasteiger partial charge < -0.3 is 9.88 Å². The minimum atomic E-state index is 0.601. The lowest BCUT2D eigenvalue weighted by Crippen LogP contribution is -2.54. The first-order valence-corrected chi connectivity index (χ1v) is 6.67. The molecule has 1 fully saturated rings. The van der Waals surface area contributed by atoms with Gasteiger partial charge in [-0.3, -0.25) is 4.90 Å². The van der Waals surface area contributed by atoms with E-state index in [0.29, 0.717) is 12.1 Å². The average molecular weight is 236 g/mol. The van der Waals surface area contributed by atoms with E-state index in [1.807, 2.05) is 12.5 Å². The van der Waals surface area contributed by atoms with Crippen LogP contribution in [0.2, 0.25) is 0 Å². The quantitative estimate of drug-likeness (QED) is 0.859. The van der Waals surface area contributed by atoms with Crippen LogP contribution in [0.3, 0.4) is 0 Å². The van der Waals surface area contributed by atoms with Crippen molar-refractivity contribution in [3.8, 4) is 0 Å². The Morgan fingerprint density at radius 3 is 2.71 bits per heavy atom. The summed E-state index contributed by atoms with van der Waals surface area (Å²) in [6.45, 7) is 11.1. The van der Waals surface area contributed by atoms with Crippen LogP contribution in [0.4, 0.5) is 0 Å². The van der Waals surface area contributed by atoms with Crippen molar-refractivity contribution in [3.05, 3.63) is 18.2 Å². The summed E-state index contributed by atoms with van der Waals surface area (Å²) in [7, 11) is 0. The van der Waals surface area contributed by atoms with Crippen LogP contribution in [0.15, 0.2) is 12.5 Å². The largest absolute Gasteiger partial charge is 0.333 e. The summed E-state index contributed by atoms with van der Waals surface area (Å²) in [5.74, 6) is 0. The van der Waals surface area contributed by atoms with Crippen LogP contribution in [0.1, 0.15) is 32.9 Å². The molecule has 0 bridgehead atoms. The lowest BCUT2D eigenvalue weighted by Gasteiger charge is -2.39. The molecule has 1 aliphatic heterocycles. The number of piperazine rings is 1. The van der Waals surface area contributed by atoms with Crippen molar-refractivity contribution in [2.24, 2.45) is 0 Å². The molecule has 2 unspecified atom stereocenters. The Kier molecular flexibility index (Phi) is 4.18. The number of aryl methyl sites for hydroxylation is 1. The summed E-state index contributed by atoms with van der Waals surface area (Å²) in [5.41, 5.74) is 1.34. The maximum absolute atomic E-state index is 4.28. The van der Waals surface area contributed by atoms with Gasteiger partial charge >= 0.3 is 0 Å². The molecule has 0 saturated carbocycles. The van der Waals surface area contributed by atoms with Crippen molar-refractivity contribution in [3.63, 3.8) is 0 Å². The van der Waals surface area contributed by atoms with Crippen LogP contribution in [-0.4, -0.2) is 39.6 Å². The van der Waals surface area contributed by atoms with Crippen LogP contribution in [0, 0.1) is 0 Å². The summed E-state index contributed by atoms with van der Waals surface area (Å²) in [4.78, 5) is 6.85. The normalized spacial score (nSPS) is 26.3. The number of nitrogens with one attached hydrogen (secondary N) is 1. The number of aromatic nitrogens is 2. The van der Waals surface area contributed by atoms with Crippen LogP contribution in [0.25, 0.3) is 0 Å². The van der Waals surface area contributed by atoms with Gasteiger partial charge in [0.25, 0.3) is 0 Å². The Morgan fingerprint density at radius 2 is 2.06 bits per heavy atom. The van der Waals surface area contributed by atoms with Crippen LogP contribution in [0.5, 0.6) is 0 Å². The SMILES string of the molecule is CCCn1cncc1CN1C(C)CNCC1C. The molecule has 0 radical (unpaired) electrons. The van der Waals surface area contributed by atoms with Gasteiger partial charge in [0.1, 0.15) is 0 Å².